The average molecular weight is 268 g/mol. The molecule has 0 atom stereocenters. The molecule has 0 fully saturated rings. The van der Waals surface area contributed by atoms with Gasteiger partial charge in [-0.3, -0.25) is 10.1 Å². The van der Waals surface area contributed by atoms with Crippen molar-refractivity contribution in [3.63, 3.8) is 0 Å². The SMILES string of the molecule is Cc1ccc(Nc2cnccc2-c2ccn[nH]2)c(F)c1. The van der Waals surface area contributed by atoms with Gasteiger partial charge in [0, 0.05) is 18.0 Å². The van der Waals surface area contributed by atoms with E-state index in [-0.39, 0.29) is 5.82 Å². The van der Waals surface area contributed by atoms with Crippen LogP contribution in [0.25, 0.3) is 11.3 Å². The van der Waals surface area contributed by atoms with Crippen molar-refractivity contribution in [3.05, 3.63) is 60.3 Å². The third kappa shape index (κ3) is 2.38. The van der Waals surface area contributed by atoms with Crippen LogP contribution in [0, 0.1) is 12.7 Å². The summed E-state index contributed by atoms with van der Waals surface area (Å²) in [6.45, 7) is 1.85. The average Bonchev–Trinajstić information content (AvgIpc) is 2.96. The summed E-state index contributed by atoms with van der Waals surface area (Å²) >= 11 is 0. The quantitative estimate of drug-likeness (QED) is 0.762. The van der Waals surface area contributed by atoms with Crippen molar-refractivity contribution in [1.29, 1.82) is 0 Å². The Morgan fingerprint density at radius 2 is 2.00 bits per heavy atom. The second-order valence-electron chi connectivity index (χ2n) is 4.50. The molecule has 0 amide bonds. The van der Waals surface area contributed by atoms with E-state index in [4.69, 9.17) is 0 Å². The zero-order chi connectivity index (χ0) is 13.9. The van der Waals surface area contributed by atoms with Gasteiger partial charge >= 0.3 is 0 Å². The molecule has 4 nitrogen and oxygen atoms in total. The summed E-state index contributed by atoms with van der Waals surface area (Å²) in [6.07, 6.45) is 5.02. The van der Waals surface area contributed by atoms with E-state index < -0.39 is 0 Å². The maximum atomic E-state index is 13.9. The van der Waals surface area contributed by atoms with Gasteiger partial charge in [0.25, 0.3) is 0 Å². The second kappa shape index (κ2) is 5.13. The van der Waals surface area contributed by atoms with Crippen LogP contribution in [0.1, 0.15) is 5.56 Å². The molecule has 0 aliphatic rings. The van der Waals surface area contributed by atoms with Gasteiger partial charge in [0.1, 0.15) is 5.82 Å². The number of aryl methyl sites for hydroxylation is 1. The summed E-state index contributed by atoms with van der Waals surface area (Å²) in [5, 5.41) is 9.89. The predicted molar refractivity (Wildman–Crippen MR) is 76.2 cm³/mol. The summed E-state index contributed by atoms with van der Waals surface area (Å²) in [4.78, 5) is 4.08. The van der Waals surface area contributed by atoms with E-state index in [1.165, 1.54) is 6.07 Å². The minimum absolute atomic E-state index is 0.288. The highest BCUT2D eigenvalue weighted by molar-refractivity contribution is 5.78. The van der Waals surface area contributed by atoms with Gasteiger partial charge in [-0.05, 0) is 36.8 Å². The van der Waals surface area contributed by atoms with E-state index in [9.17, 15) is 4.39 Å². The van der Waals surface area contributed by atoms with Crippen molar-refractivity contribution in [3.8, 4) is 11.3 Å². The molecule has 0 aliphatic heterocycles. The van der Waals surface area contributed by atoms with Gasteiger partial charge in [0.15, 0.2) is 0 Å². The van der Waals surface area contributed by atoms with Gasteiger partial charge in [0.05, 0.1) is 23.3 Å². The molecule has 0 radical (unpaired) electrons. The number of pyridine rings is 1. The molecule has 2 N–H and O–H groups in total. The molecular formula is C15H13FN4. The highest BCUT2D eigenvalue weighted by Crippen LogP contribution is 2.29. The Labute approximate surface area is 115 Å². The van der Waals surface area contributed by atoms with Gasteiger partial charge in [-0.25, -0.2) is 4.39 Å². The third-order valence-electron chi connectivity index (χ3n) is 3.01. The molecular weight excluding hydrogens is 255 g/mol. The summed E-state index contributed by atoms with van der Waals surface area (Å²) in [5.74, 6) is -0.288. The van der Waals surface area contributed by atoms with Crippen molar-refractivity contribution < 1.29 is 4.39 Å². The number of rotatable bonds is 3. The summed E-state index contributed by atoms with van der Waals surface area (Å²) in [5.41, 5.74) is 3.76. The number of nitrogens with one attached hydrogen (secondary N) is 2. The largest absolute Gasteiger partial charge is 0.351 e. The summed E-state index contributed by atoms with van der Waals surface area (Å²) < 4.78 is 13.9. The van der Waals surface area contributed by atoms with Gasteiger partial charge in [-0.15, -0.1) is 0 Å². The number of hydrogen-bond donors (Lipinski definition) is 2. The number of hydrogen-bond acceptors (Lipinski definition) is 3. The normalized spacial score (nSPS) is 10.5. The first kappa shape index (κ1) is 12.3. The van der Waals surface area contributed by atoms with Crippen LogP contribution in [0.15, 0.2) is 48.9 Å². The van der Waals surface area contributed by atoms with Gasteiger partial charge in [0.2, 0.25) is 0 Å². The molecule has 0 unspecified atom stereocenters. The molecule has 5 heteroatoms. The molecule has 3 rings (SSSR count). The summed E-state index contributed by atoms with van der Waals surface area (Å²) in [6, 6.07) is 8.77. The minimum Gasteiger partial charge on any atom is -0.351 e. The van der Waals surface area contributed by atoms with Gasteiger partial charge in [-0.2, -0.15) is 5.10 Å². The van der Waals surface area contributed by atoms with E-state index in [0.29, 0.717) is 5.69 Å². The van der Waals surface area contributed by atoms with Crippen LogP contribution < -0.4 is 5.32 Å². The fourth-order valence-corrected chi connectivity index (χ4v) is 2.00. The first-order valence-corrected chi connectivity index (χ1v) is 6.21. The van der Waals surface area contributed by atoms with Crippen LogP contribution in [0.2, 0.25) is 0 Å². The van der Waals surface area contributed by atoms with Crippen molar-refractivity contribution >= 4 is 11.4 Å². The highest BCUT2D eigenvalue weighted by Gasteiger charge is 2.09. The molecule has 3 aromatic rings. The van der Waals surface area contributed by atoms with E-state index in [2.05, 4.69) is 20.5 Å². The number of halogens is 1. The maximum absolute atomic E-state index is 13.9. The monoisotopic (exact) mass is 268 g/mol. The topological polar surface area (TPSA) is 53.6 Å². The smallest absolute Gasteiger partial charge is 0.146 e. The Morgan fingerprint density at radius 3 is 2.75 bits per heavy atom. The lowest BCUT2D eigenvalue weighted by Crippen LogP contribution is -1.97. The standard InChI is InChI=1S/C15H13FN4/c1-10-2-3-14(12(16)8-10)19-15-9-17-6-4-11(15)13-5-7-18-20-13/h2-9,19H,1H3,(H,18,20). The van der Waals surface area contributed by atoms with E-state index in [0.717, 1.165) is 22.5 Å². The number of nitrogens with zero attached hydrogens (tertiary/aromatic N) is 2. The minimum atomic E-state index is -0.288. The molecule has 0 saturated heterocycles. The zero-order valence-corrected chi connectivity index (χ0v) is 10.9. The van der Waals surface area contributed by atoms with Gasteiger partial charge < -0.3 is 5.32 Å². The van der Waals surface area contributed by atoms with Crippen molar-refractivity contribution in [2.24, 2.45) is 0 Å². The lowest BCUT2D eigenvalue weighted by atomic mass is 10.1. The molecule has 2 aromatic heterocycles. The van der Waals surface area contributed by atoms with Crippen LogP contribution in [0.3, 0.4) is 0 Å². The molecule has 0 bridgehead atoms. The van der Waals surface area contributed by atoms with Crippen molar-refractivity contribution in [2.45, 2.75) is 6.92 Å². The Kier molecular flexibility index (Phi) is 3.16. The summed E-state index contributed by atoms with van der Waals surface area (Å²) in [7, 11) is 0. The van der Waals surface area contributed by atoms with E-state index in [1.807, 2.05) is 25.1 Å². The number of anilines is 2. The Morgan fingerprint density at radius 1 is 1.10 bits per heavy atom. The predicted octanol–water partition coefficient (Wildman–Crippen LogP) is 3.66. The molecule has 0 saturated carbocycles. The highest BCUT2D eigenvalue weighted by atomic mass is 19.1. The zero-order valence-electron chi connectivity index (χ0n) is 10.9. The molecule has 1 aromatic carbocycles. The Balaban J connectivity index is 1.99. The number of H-pyrrole nitrogens is 1. The molecule has 0 aliphatic carbocycles. The Bertz CT molecular complexity index is 722. The number of benzene rings is 1. The first-order valence-electron chi connectivity index (χ1n) is 6.21. The molecule has 0 spiro atoms. The van der Waals surface area contributed by atoms with Gasteiger partial charge in [-0.1, -0.05) is 6.07 Å². The lowest BCUT2D eigenvalue weighted by molar-refractivity contribution is 0.631. The molecule has 20 heavy (non-hydrogen) atoms. The Hall–Kier alpha value is -2.69. The van der Waals surface area contributed by atoms with Crippen LogP contribution in [0.4, 0.5) is 15.8 Å². The third-order valence-corrected chi connectivity index (χ3v) is 3.01. The lowest BCUT2D eigenvalue weighted by Gasteiger charge is -2.11. The molecule has 100 valence electrons. The molecule has 2 heterocycles. The maximum Gasteiger partial charge on any atom is 0.146 e. The fourth-order valence-electron chi connectivity index (χ4n) is 2.00. The van der Waals surface area contributed by atoms with E-state index >= 15 is 0 Å². The van der Waals surface area contributed by atoms with Crippen LogP contribution >= 0.6 is 0 Å². The van der Waals surface area contributed by atoms with E-state index in [1.54, 1.807) is 24.7 Å². The second-order valence-corrected chi connectivity index (χ2v) is 4.50. The fraction of sp³-hybridized carbons (Fsp3) is 0.0667. The van der Waals surface area contributed by atoms with Crippen LogP contribution in [-0.4, -0.2) is 15.2 Å². The van der Waals surface area contributed by atoms with Crippen molar-refractivity contribution in [2.75, 3.05) is 5.32 Å². The van der Waals surface area contributed by atoms with Crippen LogP contribution in [0.5, 0.6) is 0 Å². The first-order chi connectivity index (χ1) is 9.74. The van der Waals surface area contributed by atoms with Crippen molar-refractivity contribution in [1.82, 2.24) is 15.2 Å². The number of aromatic amines is 1. The number of aromatic nitrogens is 3. The van der Waals surface area contributed by atoms with Crippen LogP contribution in [-0.2, 0) is 0 Å².